The van der Waals surface area contributed by atoms with Crippen molar-refractivity contribution in [2.75, 3.05) is 0 Å². The van der Waals surface area contributed by atoms with Gasteiger partial charge in [0.15, 0.2) is 0 Å². The summed E-state index contributed by atoms with van der Waals surface area (Å²) in [4.78, 5) is 0. The minimum absolute atomic E-state index is 0. The third kappa shape index (κ3) is 45.6. The molecule has 0 atom stereocenters. The van der Waals surface area contributed by atoms with Gasteiger partial charge in [-0.2, -0.15) is 0 Å². The van der Waals surface area contributed by atoms with Gasteiger partial charge in [-0.1, -0.05) is 0 Å². The molecule has 0 aliphatic heterocycles. The molecule has 0 spiro atoms. The third-order valence-corrected chi connectivity index (χ3v) is 0. The molecule has 0 saturated heterocycles. The van der Waals surface area contributed by atoms with Crippen molar-refractivity contribution in [2.24, 2.45) is 0 Å². The predicted molar refractivity (Wildman–Crippen MR) is 31.6 cm³/mol. The molecule has 0 aromatic heterocycles. The van der Waals surface area contributed by atoms with Crippen LogP contribution in [0.25, 0.3) is 0 Å². The largest absolute Gasteiger partial charge is 2.00 e. The first-order valence-corrected chi connectivity index (χ1v) is 0. The molecule has 0 nitrogen and oxygen atoms in total. The molecule has 0 unspecified atom stereocenters. The molecule has 0 aliphatic rings. The topological polar surface area (TPSA) is 0 Å². The van der Waals surface area contributed by atoms with Crippen LogP contribution in [-0.4, -0.2) is 90.7 Å². The molecule has 0 rings (SSSR count). The summed E-state index contributed by atoms with van der Waals surface area (Å²) in [5, 5.41) is 0. The smallest absolute Gasteiger partial charge is 2.00 e. The van der Waals surface area contributed by atoms with Crippen molar-refractivity contribution in [1.29, 1.82) is 0 Å². The van der Waals surface area contributed by atoms with E-state index in [1.165, 1.54) is 0 Å². The van der Waals surface area contributed by atoms with Gasteiger partial charge in [0, 0.05) is 0 Å². The molecule has 8 heteroatoms. The minimum Gasteiger partial charge on any atom is 2.00 e. The summed E-state index contributed by atoms with van der Waals surface area (Å²) in [5.74, 6) is 0. The molecule has 0 N–H and O–H groups in total. The predicted octanol–water partition coefficient (Wildman–Crippen LogP) is -2.45. The fourth-order valence-corrected chi connectivity index (χ4v) is 0. The Labute approximate surface area is 146 Å². The van der Waals surface area contributed by atoms with Gasteiger partial charge in [-0.3, -0.25) is 0 Å². The van der Waals surface area contributed by atoms with Crippen LogP contribution in [0.3, 0.4) is 0 Å². The van der Waals surface area contributed by atoms with E-state index in [-0.39, 0.29) is 149 Å². The van der Waals surface area contributed by atoms with E-state index in [4.69, 9.17) is 0 Å². The Balaban J connectivity index is 0. The molecular formula is H2As3GaSeZn3. The van der Waals surface area contributed by atoms with Crippen LogP contribution in [-0.2, 0) is 58.4 Å². The Kier molecular flexibility index (Phi) is 596. The molecule has 0 amide bonds. The normalized spacial score (nSPS) is 0. The van der Waals surface area contributed by atoms with Crippen molar-refractivity contribution in [1.82, 2.24) is 0 Å². The van der Waals surface area contributed by atoms with Crippen molar-refractivity contribution in [3.63, 3.8) is 0 Å². The van der Waals surface area contributed by atoms with Crippen LogP contribution in [0, 0.1) is 0 Å². The molecule has 0 aromatic rings. The van der Waals surface area contributed by atoms with Crippen molar-refractivity contribution >= 4 is 90.7 Å². The summed E-state index contributed by atoms with van der Waals surface area (Å²) in [5.41, 5.74) is 0. The monoisotopic (exact) mass is 567 g/mol. The van der Waals surface area contributed by atoms with Crippen LogP contribution < -0.4 is 0 Å². The Morgan fingerprint density at radius 3 is 0.500 bits per heavy atom. The summed E-state index contributed by atoms with van der Waals surface area (Å²) in [7, 11) is 0. The Bertz CT molecular complexity index is 14.5. The van der Waals surface area contributed by atoms with Crippen LogP contribution in [0.4, 0.5) is 0 Å². The van der Waals surface area contributed by atoms with E-state index < -0.39 is 0 Å². The summed E-state index contributed by atoms with van der Waals surface area (Å²) in [6.07, 6.45) is 0. The van der Waals surface area contributed by atoms with Gasteiger partial charge in [0.05, 0.1) is 0 Å². The second-order valence-electron chi connectivity index (χ2n) is 0. The second kappa shape index (κ2) is 60.6. The van der Waals surface area contributed by atoms with Crippen molar-refractivity contribution in [3.8, 4) is 0 Å². The zero-order chi connectivity index (χ0) is 0. The standard InChI is InChI=1S/3As.Ga.H2Se.3Zn/h;;;;1H2;;;/q3*-3;+3;;3*+2. The Hall–Kier alpha value is 4.70. The number of hydrogen-bond acceptors (Lipinski definition) is 0. The van der Waals surface area contributed by atoms with E-state index in [1.54, 1.807) is 0 Å². The zero-order valence-electron chi connectivity index (χ0n) is 4.54. The third-order valence-electron chi connectivity index (χ3n) is 0. The van der Waals surface area contributed by atoms with Gasteiger partial charge >= 0.3 is 95.3 Å². The van der Waals surface area contributed by atoms with Crippen LogP contribution in [0.15, 0.2) is 0 Å². The molecule has 0 fully saturated rings. The molecule has 32 valence electrons. The summed E-state index contributed by atoms with van der Waals surface area (Å²) >= 11 is 0. The van der Waals surface area contributed by atoms with E-state index in [2.05, 4.69) is 0 Å². The Morgan fingerprint density at radius 2 is 0.500 bits per heavy atom. The molecule has 0 radical (unpaired) electrons. The van der Waals surface area contributed by atoms with E-state index in [1.807, 2.05) is 0 Å². The van der Waals surface area contributed by atoms with E-state index in [9.17, 15) is 0 Å². The maximum Gasteiger partial charge on any atom is 2.00 e. The number of hydrogen-bond donors (Lipinski definition) is 0. The minimum atomic E-state index is 0. The molecule has 0 aromatic carbocycles. The van der Waals surface area contributed by atoms with Crippen LogP contribution in [0.2, 0.25) is 0 Å². The zero-order valence-corrected chi connectivity index (χ0v) is 23.6. The molecule has 8 heavy (non-hydrogen) atoms. The van der Waals surface area contributed by atoms with Gasteiger partial charge in [-0.15, -0.1) is 0 Å². The molecule has 0 heterocycles. The molecule has 0 bridgehead atoms. The van der Waals surface area contributed by atoms with Crippen LogP contribution >= 0.6 is 0 Å². The van der Waals surface area contributed by atoms with Gasteiger partial charge in [-0.05, 0) is 0 Å². The van der Waals surface area contributed by atoms with Gasteiger partial charge in [0.25, 0.3) is 0 Å². The van der Waals surface area contributed by atoms with E-state index in [0.717, 1.165) is 0 Å². The first-order chi connectivity index (χ1) is 0. The van der Waals surface area contributed by atoms with Gasteiger partial charge in [-0.25, -0.2) is 0 Å². The molecule has 0 aliphatic carbocycles. The van der Waals surface area contributed by atoms with Crippen molar-refractivity contribution in [2.45, 2.75) is 0 Å². The van der Waals surface area contributed by atoms with Crippen molar-refractivity contribution in [3.05, 3.63) is 0 Å². The summed E-state index contributed by atoms with van der Waals surface area (Å²) in [6, 6.07) is 0. The van der Waals surface area contributed by atoms with E-state index in [0.29, 0.717) is 0 Å². The van der Waals surface area contributed by atoms with Gasteiger partial charge < -0.3 is 53.9 Å². The van der Waals surface area contributed by atoms with Crippen LogP contribution in [0.1, 0.15) is 0 Å². The fraction of sp³-hybridized carbons (Fsp3) is 0. The first kappa shape index (κ1) is 78.7. The molecule has 0 saturated carbocycles. The molecular weight excluding hydrogens is 570 g/mol. The summed E-state index contributed by atoms with van der Waals surface area (Å²) in [6.45, 7) is 0. The Morgan fingerprint density at radius 1 is 0.500 bits per heavy atom. The van der Waals surface area contributed by atoms with Crippen molar-refractivity contribution < 1.29 is 58.4 Å². The average Bonchev–Trinajstić information content (AvgIpc) is 0. The van der Waals surface area contributed by atoms with E-state index >= 15 is 0 Å². The maximum atomic E-state index is 0. The number of rotatable bonds is 0. The SMILES string of the molecule is [As-3].[As-3].[As-3].[Ga+3].[SeH2].[Zn+2].[Zn+2].[Zn+2]. The van der Waals surface area contributed by atoms with Gasteiger partial charge in [0.2, 0.25) is 0 Å². The maximum absolute atomic E-state index is 0. The second-order valence-corrected chi connectivity index (χ2v) is 0. The summed E-state index contributed by atoms with van der Waals surface area (Å²) < 4.78 is 0. The average molecular weight is 572 g/mol. The van der Waals surface area contributed by atoms with Gasteiger partial charge in [0.1, 0.15) is 0 Å². The quantitative estimate of drug-likeness (QED) is 0.284. The fourth-order valence-electron chi connectivity index (χ4n) is 0. The first-order valence-electron chi connectivity index (χ1n) is 0. The van der Waals surface area contributed by atoms with Crippen LogP contribution in [0.5, 0.6) is 0 Å².